The number of ether oxygens (including phenoxy) is 2. The lowest BCUT2D eigenvalue weighted by Crippen LogP contribution is -2.17. The highest BCUT2D eigenvalue weighted by Gasteiger charge is 2.20. The molecule has 0 saturated heterocycles. The molecule has 0 radical (unpaired) electrons. The molecule has 256 valence electrons. The van der Waals surface area contributed by atoms with E-state index in [4.69, 9.17) is 9.47 Å². The van der Waals surface area contributed by atoms with Crippen LogP contribution in [0, 0.1) is 0 Å². The zero-order valence-electron chi connectivity index (χ0n) is 29.4. The van der Waals surface area contributed by atoms with Gasteiger partial charge >= 0.3 is 0 Å². The highest BCUT2D eigenvalue weighted by atomic mass is 16.5. The van der Waals surface area contributed by atoms with Crippen molar-refractivity contribution in [1.82, 2.24) is 0 Å². The zero-order chi connectivity index (χ0) is 33.7. The van der Waals surface area contributed by atoms with E-state index in [1.807, 2.05) is 67.6 Å². The summed E-state index contributed by atoms with van der Waals surface area (Å²) in [7, 11) is 3.28. The lowest BCUT2D eigenvalue weighted by atomic mass is 9.92. The van der Waals surface area contributed by atoms with Gasteiger partial charge in [-0.3, -0.25) is 9.59 Å². The van der Waals surface area contributed by atoms with Crippen LogP contribution in [0.4, 0.5) is 11.4 Å². The molecule has 2 amide bonds. The molecule has 0 aromatic heterocycles. The fourth-order valence-corrected chi connectivity index (χ4v) is 6.14. The van der Waals surface area contributed by atoms with E-state index in [9.17, 15) is 9.59 Å². The number of aryl methyl sites for hydroxylation is 1. The van der Waals surface area contributed by atoms with Crippen LogP contribution in [0.3, 0.4) is 0 Å². The van der Waals surface area contributed by atoms with Gasteiger partial charge < -0.3 is 20.1 Å². The second kappa shape index (κ2) is 21.9. The summed E-state index contributed by atoms with van der Waals surface area (Å²) in [5.74, 6) is 1.06. The fourth-order valence-electron chi connectivity index (χ4n) is 6.14. The lowest BCUT2D eigenvalue weighted by Gasteiger charge is -2.21. The lowest BCUT2D eigenvalue weighted by molar-refractivity contribution is -0.116. The van der Waals surface area contributed by atoms with Crippen LogP contribution in [0.15, 0.2) is 60.7 Å². The molecular formula is C41H58N2O4. The van der Waals surface area contributed by atoms with E-state index in [-0.39, 0.29) is 18.2 Å². The number of carbonyl (C=O) groups is 2. The number of hydrogen-bond acceptors (Lipinski definition) is 4. The molecule has 0 heterocycles. The maximum absolute atomic E-state index is 13.2. The Balaban J connectivity index is 1.72. The minimum absolute atomic E-state index is 0.0898. The maximum atomic E-state index is 13.2. The summed E-state index contributed by atoms with van der Waals surface area (Å²) in [5.41, 5.74) is 5.03. The number of unbranched alkanes of at least 4 members (excludes halogenated alkanes) is 13. The first-order chi connectivity index (χ1) is 23.0. The molecule has 0 bridgehead atoms. The van der Waals surface area contributed by atoms with Crippen molar-refractivity contribution in [1.29, 1.82) is 0 Å². The number of hydrogen-bond donors (Lipinski definition) is 2. The highest BCUT2D eigenvalue weighted by molar-refractivity contribution is 6.04. The van der Waals surface area contributed by atoms with Gasteiger partial charge in [0.25, 0.3) is 0 Å². The van der Waals surface area contributed by atoms with Crippen molar-refractivity contribution in [2.45, 2.75) is 123 Å². The van der Waals surface area contributed by atoms with Gasteiger partial charge in [0, 0.05) is 12.0 Å². The molecule has 6 heteroatoms. The molecule has 47 heavy (non-hydrogen) atoms. The van der Waals surface area contributed by atoms with Crippen molar-refractivity contribution in [3.05, 3.63) is 71.8 Å². The molecule has 0 aliphatic rings. The molecule has 0 unspecified atom stereocenters. The molecular weight excluding hydrogens is 584 g/mol. The van der Waals surface area contributed by atoms with E-state index in [2.05, 4.69) is 17.6 Å². The third-order valence-corrected chi connectivity index (χ3v) is 8.82. The third-order valence-electron chi connectivity index (χ3n) is 8.82. The first kappa shape index (κ1) is 37.7. The first-order valence-electron chi connectivity index (χ1n) is 18.0. The molecule has 0 aliphatic carbocycles. The van der Waals surface area contributed by atoms with Gasteiger partial charge in [-0.1, -0.05) is 134 Å². The number of benzene rings is 3. The molecule has 3 aromatic carbocycles. The smallest absolute Gasteiger partial charge is 0.228 e. The Morgan fingerprint density at radius 3 is 1.64 bits per heavy atom. The van der Waals surface area contributed by atoms with Gasteiger partial charge in [-0.05, 0) is 53.8 Å². The Labute approximate surface area is 284 Å². The molecule has 0 atom stereocenters. The monoisotopic (exact) mass is 642 g/mol. The number of carbonyl (C=O) groups excluding carboxylic acids is 2. The van der Waals surface area contributed by atoms with Gasteiger partial charge in [-0.15, -0.1) is 0 Å². The molecule has 0 saturated carbocycles. The van der Waals surface area contributed by atoms with Crippen molar-refractivity contribution in [2.75, 3.05) is 24.9 Å². The largest absolute Gasteiger partial charge is 0.493 e. The van der Waals surface area contributed by atoms with Crippen LogP contribution in [0.2, 0.25) is 0 Å². The Morgan fingerprint density at radius 2 is 1.11 bits per heavy atom. The summed E-state index contributed by atoms with van der Waals surface area (Å²) in [4.78, 5) is 25.9. The second-order valence-corrected chi connectivity index (χ2v) is 12.6. The van der Waals surface area contributed by atoms with Crippen molar-refractivity contribution >= 4 is 23.2 Å². The van der Waals surface area contributed by atoms with Crippen LogP contribution in [-0.2, 0) is 22.4 Å². The van der Waals surface area contributed by atoms with Gasteiger partial charge in [0.1, 0.15) is 0 Å². The average molecular weight is 643 g/mol. The van der Waals surface area contributed by atoms with Crippen molar-refractivity contribution in [3.8, 4) is 22.6 Å². The number of nitrogens with one attached hydrogen (secondary N) is 2. The molecule has 0 spiro atoms. The quantitative estimate of drug-likeness (QED) is 0.101. The summed E-state index contributed by atoms with van der Waals surface area (Å²) in [6, 6.07) is 19.4. The van der Waals surface area contributed by atoms with E-state index in [0.717, 1.165) is 41.5 Å². The SMILES string of the molecule is CCCCCCCCCCCCCCCCc1cc(OC)c(OC)cc1-c1c(NC(=O)CC)cccc1NC(=O)Cc1ccccc1. The minimum atomic E-state index is -0.120. The average Bonchev–Trinajstić information content (AvgIpc) is 3.08. The summed E-state index contributed by atoms with van der Waals surface area (Å²) >= 11 is 0. The molecule has 6 nitrogen and oxygen atoms in total. The first-order valence-corrected chi connectivity index (χ1v) is 18.0. The molecule has 0 fully saturated rings. The molecule has 3 rings (SSSR count). The second-order valence-electron chi connectivity index (χ2n) is 12.6. The van der Waals surface area contributed by atoms with E-state index >= 15 is 0 Å². The number of amides is 2. The van der Waals surface area contributed by atoms with Crippen LogP contribution in [-0.4, -0.2) is 26.0 Å². The topological polar surface area (TPSA) is 76.7 Å². The maximum Gasteiger partial charge on any atom is 0.228 e. The van der Waals surface area contributed by atoms with E-state index in [1.165, 1.54) is 77.0 Å². The fraction of sp³-hybridized carbons (Fsp3) is 0.512. The van der Waals surface area contributed by atoms with E-state index in [1.54, 1.807) is 14.2 Å². The summed E-state index contributed by atoms with van der Waals surface area (Å²) < 4.78 is 11.4. The molecule has 0 aliphatic heterocycles. The standard InChI is InChI=1S/C41H58N2O4/c1-5-7-8-9-10-11-12-13-14-15-16-17-18-22-26-33-30-37(46-3)38(47-4)31-34(33)41-35(42-39(44)6-2)27-23-28-36(41)43-40(45)29-32-24-20-19-21-25-32/h19-21,23-25,27-28,30-31H,5-18,22,26,29H2,1-4H3,(H,42,44)(H,43,45). The Kier molecular flexibility index (Phi) is 17.5. The van der Waals surface area contributed by atoms with Gasteiger partial charge in [-0.2, -0.15) is 0 Å². The normalized spacial score (nSPS) is 10.9. The van der Waals surface area contributed by atoms with Crippen LogP contribution >= 0.6 is 0 Å². The summed E-state index contributed by atoms with van der Waals surface area (Å²) in [6.07, 6.45) is 19.8. The summed E-state index contributed by atoms with van der Waals surface area (Å²) in [5, 5.41) is 6.21. The number of anilines is 2. The minimum Gasteiger partial charge on any atom is -0.493 e. The predicted molar refractivity (Wildman–Crippen MR) is 197 cm³/mol. The van der Waals surface area contributed by atoms with Crippen LogP contribution < -0.4 is 20.1 Å². The van der Waals surface area contributed by atoms with Crippen LogP contribution in [0.25, 0.3) is 11.1 Å². The van der Waals surface area contributed by atoms with Gasteiger partial charge in [0.05, 0.1) is 32.0 Å². The Hall–Kier alpha value is -3.80. The number of rotatable bonds is 23. The van der Waals surface area contributed by atoms with Gasteiger partial charge in [0.2, 0.25) is 11.8 Å². The van der Waals surface area contributed by atoms with E-state index < -0.39 is 0 Å². The third kappa shape index (κ3) is 13.1. The zero-order valence-corrected chi connectivity index (χ0v) is 29.4. The molecule has 3 aromatic rings. The highest BCUT2D eigenvalue weighted by Crippen LogP contribution is 2.43. The summed E-state index contributed by atoms with van der Waals surface area (Å²) in [6.45, 7) is 4.11. The molecule has 2 N–H and O–H groups in total. The predicted octanol–water partition coefficient (Wildman–Crippen LogP) is 10.9. The Bertz CT molecular complexity index is 1360. The Morgan fingerprint density at radius 1 is 0.596 bits per heavy atom. The van der Waals surface area contributed by atoms with Gasteiger partial charge in [0.15, 0.2) is 11.5 Å². The van der Waals surface area contributed by atoms with Crippen LogP contribution in [0.1, 0.15) is 121 Å². The van der Waals surface area contributed by atoms with E-state index in [0.29, 0.717) is 29.3 Å². The van der Waals surface area contributed by atoms with Crippen molar-refractivity contribution in [2.24, 2.45) is 0 Å². The van der Waals surface area contributed by atoms with Crippen molar-refractivity contribution in [3.63, 3.8) is 0 Å². The van der Waals surface area contributed by atoms with Gasteiger partial charge in [-0.25, -0.2) is 0 Å². The van der Waals surface area contributed by atoms with Crippen molar-refractivity contribution < 1.29 is 19.1 Å². The van der Waals surface area contributed by atoms with Crippen LogP contribution in [0.5, 0.6) is 11.5 Å². The number of methoxy groups -OCH3 is 2.